The number of methoxy groups -OCH3 is 2. The van der Waals surface area contributed by atoms with Gasteiger partial charge in [-0.2, -0.15) is 0 Å². The summed E-state index contributed by atoms with van der Waals surface area (Å²) in [6.45, 7) is 0.477. The van der Waals surface area contributed by atoms with Crippen LogP contribution in [0.1, 0.15) is 5.56 Å². The number of nitrogens with two attached hydrogens (primary N) is 1. The van der Waals surface area contributed by atoms with Crippen molar-refractivity contribution in [1.82, 2.24) is 0 Å². The number of benzene rings is 1. The van der Waals surface area contributed by atoms with Gasteiger partial charge in [0.2, 0.25) is 0 Å². The Bertz CT molecular complexity index is 364. The lowest BCUT2D eigenvalue weighted by Crippen LogP contribution is -1.93. The molecule has 0 amide bonds. The molecule has 0 bridgehead atoms. The van der Waals surface area contributed by atoms with E-state index < -0.39 is 0 Å². The molecule has 3 nitrogen and oxygen atoms in total. The monoisotopic (exact) mass is 227 g/mol. The Balaban J connectivity index is 3.13. The van der Waals surface area contributed by atoms with Crippen LogP contribution in [-0.2, 0) is 0 Å². The van der Waals surface area contributed by atoms with E-state index >= 15 is 0 Å². The quantitative estimate of drug-likeness (QED) is 0.859. The molecule has 0 aliphatic rings. The largest absolute Gasteiger partial charge is 0.493 e. The molecule has 0 atom stereocenters. The standard InChI is InChI=1S/C11H14ClNO2/c1-14-10-6-8(4-3-5-13)9(12)7-11(10)15-2/h3-4,6-7H,5,13H2,1-2H3/b4-3+. The van der Waals surface area contributed by atoms with Gasteiger partial charge in [-0.25, -0.2) is 0 Å². The molecule has 0 radical (unpaired) electrons. The third-order valence-electron chi connectivity index (χ3n) is 1.94. The normalized spacial score (nSPS) is 10.7. The van der Waals surface area contributed by atoms with Crippen molar-refractivity contribution in [2.24, 2.45) is 5.73 Å². The van der Waals surface area contributed by atoms with Crippen molar-refractivity contribution in [3.8, 4) is 11.5 Å². The van der Waals surface area contributed by atoms with E-state index in [9.17, 15) is 0 Å². The molecule has 1 aromatic carbocycles. The Morgan fingerprint density at radius 2 is 1.87 bits per heavy atom. The van der Waals surface area contributed by atoms with Crippen LogP contribution in [0.3, 0.4) is 0 Å². The maximum atomic E-state index is 6.05. The van der Waals surface area contributed by atoms with Gasteiger partial charge < -0.3 is 15.2 Å². The van der Waals surface area contributed by atoms with Gasteiger partial charge in [0.15, 0.2) is 11.5 Å². The van der Waals surface area contributed by atoms with Crippen molar-refractivity contribution in [1.29, 1.82) is 0 Å². The van der Waals surface area contributed by atoms with Gasteiger partial charge in [-0.05, 0) is 11.6 Å². The van der Waals surface area contributed by atoms with Crippen molar-refractivity contribution in [3.63, 3.8) is 0 Å². The SMILES string of the molecule is COc1cc(Cl)c(/C=C/CN)cc1OC. The Morgan fingerprint density at radius 3 is 2.40 bits per heavy atom. The van der Waals surface area contributed by atoms with Crippen molar-refractivity contribution < 1.29 is 9.47 Å². The Labute approximate surface area is 94.4 Å². The van der Waals surface area contributed by atoms with Gasteiger partial charge in [-0.1, -0.05) is 23.8 Å². The maximum Gasteiger partial charge on any atom is 0.162 e. The summed E-state index contributed by atoms with van der Waals surface area (Å²) in [5, 5.41) is 0.609. The third-order valence-corrected chi connectivity index (χ3v) is 2.26. The molecule has 82 valence electrons. The predicted octanol–water partition coefficient (Wildman–Crippen LogP) is 2.33. The fourth-order valence-corrected chi connectivity index (χ4v) is 1.41. The molecule has 4 heteroatoms. The highest BCUT2D eigenvalue weighted by Crippen LogP contribution is 2.33. The minimum atomic E-state index is 0.477. The fraction of sp³-hybridized carbons (Fsp3) is 0.273. The third kappa shape index (κ3) is 2.88. The highest BCUT2D eigenvalue weighted by atomic mass is 35.5. The zero-order chi connectivity index (χ0) is 11.3. The zero-order valence-electron chi connectivity index (χ0n) is 8.79. The Hall–Kier alpha value is -1.19. The summed E-state index contributed by atoms with van der Waals surface area (Å²) in [5.41, 5.74) is 6.23. The first-order valence-electron chi connectivity index (χ1n) is 4.51. The number of hydrogen-bond acceptors (Lipinski definition) is 3. The van der Waals surface area contributed by atoms with E-state index in [4.69, 9.17) is 26.8 Å². The van der Waals surface area contributed by atoms with Crippen molar-refractivity contribution in [3.05, 3.63) is 28.8 Å². The second-order valence-corrected chi connectivity index (χ2v) is 3.27. The van der Waals surface area contributed by atoms with Gasteiger partial charge in [-0.3, -0.25) is 0 Å². The molecular formula is C11H14ClNO2. The number of rotatable bonds is 4. The summed E-state index contributed by atoms with van der Waals surface area (Å²) in [6, 6.07) is 3.53. The lowest BCUT2D eigenvalue weighted by atomic mass is 10.2. The van der Waals surface area contributed by atoms with Gasteiger partial charge >= 0.3 is 0 Å². The van der Waals surface area contributed by atoms with E-state index in [1.807, 2.05) is 18.2 Å². The molecule has 0 fully saturated rings. The summed E-state index contributed by atoms with van der Waals surface area (Å²) in [4.78, 5) is 0. The lowest BCUT2D eigenvalue weighted by molar-refractivity contribution is 0.355. The van der Waals surface area contributed by atoms with Gasteiger partial charge in [0.25, 0.3) is 0 Å². The number of hydrogen-bond donors (Lipinski definition) is 1. The topological polar surface area (TPSA) is 44.5 Å². The van der Waals surface area contributed by atoms with E-state index in [1.54, 1.807) is 20.3 Å². The second-order valence-electron chi connectivity index (χ2n) is 2.87. The summed E-state index contributed by atoms with van der Waals surface area (Å²) < 4.78 is 10.3. The minimum Gasteiger partial charge on any atom is -0.493 e. The van der Waals surface area contributed by atoms with E-state index in [0.29, 0.717) is 23.1 Å². The highest BCUT2D eigenvalue weighted by molar-refractivity contribution is 6.32. The maximum absolute atomic E-state index is 6.05. The molecule has 1 aromatic rings. The van der Waals surface area contributed by atoms with Crippen LogP contribution in [0.25, 0.3) is 6.08 Å². The highest BCUT2D eigenvalue weighted by Gasteiger charge is 2.07. The molecule has 0 spiro atoms. The first-order valence-corrected chi connectivity index (χ1v) is 4.88. The predicted molar refractivity (Wildman–Crippen MR) is 62.6 cm³/mol. The van der Waals surface area contributed by atoms with Crippen LogP contribution in [0.2, 0.25) is 5.02 Å². The van der Waals surface area contributed by atoms with Gasteiger partial charge in [0.1, 0.15) is 0 Å². The molecule has 0 saturated heterocycles. The summed E-state index contributed by atoms with van der Waals surface area (Å²) in [6.07, 6.45) is 3.68. The molecule has 15 heavy (non-hydrogen) atoms. The molecule has 1 rings (SSSR count). The smallest absolute Gasteiger partial charge is 0.162 e. The van der Waals surface area contributed by atoms with Crippen molar-refractivity contribution >= 4 is 17.7 Å². The van der Waals surface area contributed by atoms with Gasteiger partial charge in [-0.15, -0.1) is 0 Å². The molecule has 0 saturated carbocycles. The van der Waals surface area contributed by atoms with Crippen molar-refractivity contribution in [2.75, 3.05) is 20.8 Å². The van der Waals surface area contributed by atoms with Gasteiger partial charge in [0, 0.05) is 12.6 Å². The second kappa shape index (κ2) is 5.63. The Morgan fingerprint density at radius 1 is 1.27 bits per heavy atom. The first-order chi connectivity index (χ1) is 7.22. The van der Waals surface area contributed by atoms with Crippen LogP contribution in [0.4, 0.5) is 0 Å². The van der Waals surface area contributed by atoms with Gasteiger partial charge in [0.05, 0.1) is 19.2 Å². The van der Waals surface area contributed by atoms with Crippen LogP contribution in [0, 0.1) is 0 Å². The summed E-state index contributed by atoms with van der Waals surface area (Å²) >= 11 is 6.05. The summed E-state index contributed by atoms with van der Waals surface area (Å²) in [5.74, 6) is 1.27. The zero-order valence-corrected chi connectivity index (χ0v) is 9.54. The van der Waals surface area contributed by atoms with Crippen LogP contribution in [0.15, 0.2) is 18.2 Å². The van der Waals surface area contributed by atoms with E-state index in [1.165, 1.54) is 0 Å². The van der Waals surface area contributed by atoms with Crippen LogP contribution >= 0.6 is 11.6 Å². The minimum absolute atomic E-state index is 0.477. The molecule has 2 N–H and O–H groups in total. The summed E-state index contributed by atoms with van der Waals surface area (Å²) in [7, 11) is 3.16. The van der Waals surface area contributed by atoms with Crippen LogP contribution < -0.4 is 15.2 Å². The van der Waals surface area contributed by atoms with Crippen LogP contribution in [-0.4, -0.2) is 20.8 Å². The molecule has 0 aliphatic carbocycles. The molecule has 0 unspecified atom stereocenters. The number of halogens is 1. The Kier molecular flexibility index (Phi) is 4.46. The van der Waals surface area contributed by atoms with E-state index in [2.05, 4.69) is 0 Å². The van der Waals surface area contributed by atoms with E-state index in [0.717, 1.165) is 5.56 Å². The molecule has 0 aliphatic heterocycles. The fourth-order valence-electron chi connectivity index (χ4n) is 1.19. The number of ether oxygens (including phenoxy) is 2. The average Bonchev–Trinajstić information content (AvgIpc) is 2.27. The van der Waals surface area contributed by atoms with Crippen molar-refractivity contribution in [2.45, 2.75) is 0 Å². The first kappa shape index (κ1) is 11.9. The van der Waals surface area contributed by atoms with Crippen LogP contribution in [0.5, 0.6) is 11.5 Å². The molecule has 0 aromatic heterocycles. The molecular weight excluding hydrogens is 214 g/mol. The average molecular weight is 228 g/mol. The molecule has 0 heterocycles. The van der Waals surface area contributed by atoms with E-state index in [-0.39, 0.29) is 0 Å². The lowest BCUT2D eigenvalue weighted by Gasteiger charge is -2.09.